The van der Waals surface area contributed by atoms with Gasteiger partial charge in [0.1, 0.15) is 6.04 Å². The van der Waals surface area contributed by atoms with Gasteiger partial charge in [0.15, 0.2) is 0 Å². The van der Waals surface area contributed by atoms with Crippen molar-refractivity contribution in [3.8, 4) is 0 Å². The lowest BCUT2D eigenvalue weighted by atomic mass is 9.86. The summed E-state index contributed by atoms with van der Waals surface area (Å²) < 4.78 is 29.7. The molecule has 1 fully saturated rings. The monoisotopic (exact) mass is 488 g/mol. The highest BCUT2D eigenvalue weighted by molar-refractivity contribution is 7.10. The van der Waals surface area contributed by atoms with E-state index in [9.17, 15) is 28.0 Å². The molecule has 4 rings (SSSR count). The number of Topliss-reactive ketones (excluding diaryl/α,β-unsaturated/α-hetero) is 1. The largest absolute Gasteiger partial charge is 0.330 e. The SMILES string of the molecule is CC(C)(C)c1ccc(C(F)(F)C(=O)CCc2scc3c2CN(C2CCC(=O)NC2=O)C3=O)cc1. The lowest BCUT2D eigenvalue weighted by molar-refractivity contribution is -0.144. The van der Waals surface area contributed by atoms with E-state index in [-0.39, 0.29) is 55.0 Å². The predicted molar refractivity (Wildman–Crippen MR) is 123 cm³/mol. The number of ketones is 1. The first-order valence-electron chi connectivity index (χ1n) is 11.2. The van der Waals surface area contributed by atoms with Crippen molar-refractivity contribution < 1.29 is 28.0 Å². The second-order valence-electron chi connectivity index (χ2n) is 9.78. The van der Waals surface area contributed by atoms with Crippen LogP contribution in [0, 0.1) is 0 Å². The molecule has 6 nitrogen and oxygen atoms in total. The van der Waals surface area contributed by atoms with Gasteiger partial charge in [0.05, 0.1) is 5.56 Å². The minimum Gasteiger partial charge on any atom is -0.322 e. The Morgan fingerprint density at radius 1 is 1.12 bits per heavy atom. The van der Waals surface area contributed by atoms with Gasteiger partial charge >= 0.3 is 5.92 Å². The molecule has 3 heterocycles. The number of halogens is 2. The summed E-state index contributed by atoms with van der Waals surface area (Å²) in [7, 11) is 0. The number of aryl methyl sites for hydroxylation is 1. The molecular formula is C25H26F2N2O4S. The quantitative estimate of drug-likeness (QED) is 0.621. The Balaban J connectivity index is 1.43. The predicted octanol–water partition coefficient (Wildman–Crippen LogP) is 4.10. The summed E-state index contributed by atoms with van der Waals surface area (Å²) in [6.45, 7) is 6.11. The number of nitrogens with zero attached hydrogens (tertiary/aromatic N) is 1. The molecule has 2 aliphatic heterocycles. The molecule has 2 aromatic rings. The van der Waals surface area contributed by atoms with Crippen molar-refractivity contribution in [2.75, 3.05) is 0 Å². The Hall–Kier alpha value is -2.94. The number of thiophene rings is 1. The fraction of sp³-hybridized carbons (Fsp3) is 0.440. The van der Waals surface area contributed by atoms with Crippen molar-refractivity contribution in [2.45, 2.75) is 70.4 Å². The summed E-state index contributed by atoms with van der Waals surface area (Å²) in [6, 6.07) is 5.11. The van der Waals surface area contributed by atoms with Crippen LogP contribution in [0.4, 0.5) is 8.78 Å². The Labute approximate surface area is 200 Å². The first-order valence-corrected chi connectivity index (χ1v) is 12.0. The Morgan fingerprint density at radius 3 is 2.38 bits per heavy atom. The van der Waals surface area contributed by atoms with Crippen LogP contribution in [0.5, 0.6) is 0 Å². The third-order valence-corrected chi connectivity index (χ3v) is 7.52. The van der Waals surface area contributed by atoms with Crippen molar-refractivity contribution in [2.24, 2.45) is 0 Å². The highest BCUT2D eigenvalue weighted by atomic mass is 32.1. The smallest absolute Gasteiger partial charge is 0.322 e. The highest BCUT2D eigenvalue weighted by Crippen LogP contribution is 2.36. The van der Waals surface area contributed by atoms with Gasteiger partial charge in [0.2, 0.25) is 17.6 Å². The third-order valence-electron chi connectivity index (χ3n) is 6.43. The van der Waals surface area contributed by atoms with Crippen LogP contribution in [0.3, 0.4) is 0 Å². The van der Waals surface area contributed by atoms with Crippen LogP contribution in [0.1, 0.15) is 72.0 Å². The van der Waals surface area contributed by atoms with E-state index in [0.29, 0.717) is 16.0 Å². The number of imide groups is 1. The number of piperidine rings is 1. The molecular weight excluding hydrogens is 462 g/mol. The first-order chi connectivity index (χ1) is 15.9. The van der Waals surface area contributed by atoms with Crippen LogP contribution in [0.2, 0.25) is 0 Å². The van der Waals surface area contributed by atoms with Crippen LogP contribution in [0.15, 0.2) is 29.6 Å². The van der Waals surface area contributed by atoms with Crippen molar-refractivity contribution in [3.05, 3.63) is 56.8 Å². The molecule has 9 heteroatoms. The third kappa shape index (κ3) is 4.41. The lowest BCUT2D eigenvalue weighted by Gasteiger charge is -2.29. The number of rotatable bonds is 6. The number of carbonyl (C=O) groups is 4. The van der Waals surface area contributed by atoms with E-state index in [2.05, 4.69) is 5.32 Å². The summed E-state index contributed by atoms with van der Waals surface area (Å²) >= 11 is 1.26. The molecule has 0 aliphatic carbocycles. The normalized spacial score (nSPS) is 18.8. The van der Waals surface area contributed by atoms with Gasteiger partial charge in [-0.25, -0.2) is 0 Å². The molecule has 1 N–H and O–H groups in total. The number of alkyl halides is 2. The van der Waals surface area contributed by atoms with Gasteiger partial charge in [-0.05, 0) is 29.4 Å². The van der Waals surface area contributed by atoms with Crippen LogP contribution >= 0.6 is 11.3 Å². The number of hydrogen-bond acceptors (Lipinski definition) is 5. The van der Waals surface area contributed by atoms with Crippen LogP contribution in [0.25, 0.3) is 0 Å². The van der Waals surface area contributed by atoms with Gasteiger partial charge in [-0.1, -0.05) is 45.0 Å². The maximum atomic E-state index is 14.8. The van der Waals surface area contributed by atoms with Crippen LogP contribution < -0.4 is 5.32 Å². The molecule has 1 unspecified atom stereocenters. The van der Waals surface area contributed by atoms with Gasteiger partial charge in [0, 0.05) is 35.2 Å². The molecule has 1 atom stereocenters. The Morgan fingerprint density at radius 2 is 1.76 bits per heavy atom. The van der Waals surface area contributed by atoms with Gasteiger partial charge in [-0.2, -0.15) is 8.78 Å². The highest BCUT2D eigenvalue weighted by Gasteiger charge is 2.42. The van der Waals surface area contributed by atoms with Crippen molar-refractivity contribution in [1.29, 1.82) is 0 Å². The van der Waals surface area contributed by atoms with Crippen molar-refractivity contribution >= 4 is 34.8 Å². The van der Waals surface area contributed by atoms with Gasteiger partial charge in [0.25, 0.3) is 5.91 Å². The zero-order valence-corrected chi connectivity index (χ0v) is 20.1. The topological polar surface area (TPSA) is 83.6 Å². The molecule has 1 aromatic heterocycles. The number of nitrogens with one attached hydrogen (secondary N) is 1. The van der Waals surface area contributed by atoms with Gasteiger partial charge < -0.3 is 4.90 Å². The lowest BCUT2D eigenvalue weighted by Crippen LogP contribution is -2.52. The average Bonchev–Trinajstić information content (AvgIpc) is 3.31. The van der Waals surface area contributed by atoms with E-state index in [1.807, 2.05) is 20.8 Å². The second kappa shape index (κ2) is 8.69. The number of carbonyl (C=O) groups excluding carboxylic acids is 4. The molecule has 0 bridgehead atoms. The summed E-state index contributed by atoms with van der Waals surface area (Å²) in [4.78, 5) is 51.0. The molecule has 0 saturated carbocycles. The fourth-order valence-corrected chi connectivity index (χ4v) is 5.38. The molecule has 0 spiro atoms. The van der Waals surface area contributed by atoms with E-state index in [0.717, 1.165) is 5.56 Å². The van der Waals surface area contributed by atoms with Crippen LogP contribution in [-0.4, -0.2) is 34.4 Å². The summed E-state index contributed by atoms with van der Waals surface area (Å²) in [6.07, 6.45) is 0.122. The molecule has 180 valence electrons. The van der Waals surface area contributed by atoms with E-state index >= 15 is 0 Å². The van der Waals surface area contributed by atoms with Gasteiger partial charge in [-0.15, -0.1) is 11.3 Å². The van der Waals surface area contributed by atoms with E-state index in [1.54, 1.807) is 17.5 Å². The van der Waals surface area contributed by atoms with E-state index in [4.69, 9.17) is 0 Å². The average molecular weight is 489 g/mol. The summed E-state index contributed by atoms with van der Waals surface area (Å²) in [5, 5.41) is 3.89. The summed E-state index contributed by atoms with van der Waals surface area (Å²) in [5.74, 6) is -5.97. The molecule has 3 amide bonds. The molecule has 34 heavy (non-hydrogen) atoms. The molecule has 1 aromatic carbocycles. The van der Waals surface area contributed by atoms with Crippen molar-refractivity contribution in [3.63, 3.8) is 0 Å². The molecule has 0 radical (unpaired) electrons. The number of amides is 3. The zero-order chi connectivity index (χ0) is 24.8. The number of benzene rings is 1. The number of fused-ring (bicyclic) bond motifs is 1. The minimum atomic E-state index is -3.61. The molecule has 1 saturated heterocycles. The molecule has 2 aliphatic rings. The van der Waals surface area contributed by atoms with Crippen molar-refractivity contribution in [1.82, 2.24) is 10.2 Å². The zero-order valence-electron chi connectivity index (χ0n) is 19.2. The van der Waals surface area contributed by atoms with Gasteiger partial charge in [-0.3, -0.25) is 24.5 Å². The van der Waals surface area contributed by atoms with Crippen LogP contribution in [-0.2, 0) is 38.7 Å². The van der Waals surface area contributed by atoms with E-state index < -0.39 is 23.7 Å². The van der Waals surface area contributed by atoms with E-state index in [1.165, 1.54) is 28.4 Å². The maximum absolute atomic E-state index is 14.8. The number of hydrogen-bond donors (Lipinski definition) is 1. The second-order valence-corrected chi connectivity index (χ2v) is 10.7. The summed E-state index contributed by atoms with van der Waals surface area (Å²) in [5.41, 5.74) is 1.49. The minimum absolute atomic E-state index is 0.0883. The maximum Gasteiger partial charge on any atom is 0.330 e. The first kappa shape index (κ1) is 24.2. The standard InChI is InChI=1S/C25H26F2N2O4S/c1-24(2,3)14-4-6-15(7-5-14)25(26,27)20(30)10-9-19-16-12-29(23(33)17(16)13-34-19)18-8-11-21(31)28-22(18)32/h4-7,13,18H,8-12H2,1-3H3,(H,28,31,32). The Kier molecular flexibility index (Phi) is 6.18. The Bertz CT molecular complexity index is 1160. The fourth-order valence-electron chi connectivity index (χ4n) is 4.34.